The molecule has 5 heteroatoms. The molecule has 2 atom stereocenters. The number of carbonyl (C=O) groups excluding carboxylic acids is 1. The van der Waals surface area contributed by atoms with E-state index in [9.17, 15) is 4.79 Å². The Morgan fingerprint density at radius 3 is 2.89 bits per heavy atom. The summed E-state index contributed by atoms with van der Waals surface area (Å²) in [5.74, 6) is 0.355. The van der Waals surface area contributed by atoms with E-state index >= 15 is 0 Å². The van der Waals surface area contributed by atoms with E-state index in [0.29, 0.717) is 18.9 Å². The molecule has 0 aromatic heterocycles. The number of ether oxygens (including phenoxy) is 2. The van der Waals surface area contributed by atoms with E-state index in [1.807, 2.05) is 0 Å². The van der Waals surface area contributed by atoms with Crippen LogP contribution in [0.4, 0.5) is 0 Å². The van der Waals surface area contributed by atoms with Crippen molar-refractivity contribution < 1.29 is 14.3 Å². The Bertz CT molecular complexity index is 282. The predicted molar refractivity (Wildman–Crippen MR) is 74.9 cm³/mol. The SMILES string of the molecule is CCOC(=O)C(C)(N)CCCN1CCC(COC)C1. The molecule has 0 aliphatic carbocycles. The molecule has 2 N–H and O–H groups in total. The Balaban J connectivity index is 2.21. The maximum atomic E-state index is 11.7. The lowest BCUT2D eigenvalue weighted by molar-refractivity contribution is -0.149. The van der Waals surface area contributed by atoms with Crippen molar-refractivity contribution in [3.05, 3.63) is 0 Å². The van der Waals surface area contributed by atoms with Crippen molar-refractivity contribution in [3.63, 3.8) is 0 Å². The van der Waals surface area contributed by atoms with Gasteiger partial charge in [-0.1, -0.05) is 0 Å². The molecule has 1 aliphatic heterocycles. The molecule has 112 valence electrons. The molecule has 0 bridgehead atoms. The summed E-state index contributed by atoms with van der Waals surface area (Å²) >= 11 is 0. The molecule has 0 saturated carbocycles. The standard InChI is InChI=1S/C14H28N2O3/c1-4-19-13(17)14(2,15)7-5-8-16-9-6-12(10-16)11-18-3/h12H,4-11,15H2,1-3H3. The summed E-state index contributed by atoms with van der Waals surface area (Å²) in [6.45, 7) is 7.98. The Morgan fingerprint density at radius 2 is 2.26 bits per heavy atom. The summed E-state index contributed by atoms with van der Waals surface area (Å²) in [4.78, 5) is 14.1. The van der Waals surface area contributed by atoms with E-state index < -0.39 is 5.54 Å². The number of methoxy groups -OCH3 is 1. The Labute approximate surface area is 116 Å². The molecule has 0 aromatic carbocycles. The lowest BCUT2D eigenvalue weighted by Gasteiger charge is -2.23. The molecule has 2 unspecified atom stereocenters. The van der Waals surface area contributed by atoms with Gasteiger partial charge in [0.1, 0.15) is 5.54 Å². The van der Waals surface area contributed by atoms with Crippen molar-refractivity contribution in [2.45, 2.75) is 38.6 Å². The van der Waals surface area contributed by atoms with Gasteiger partial charge in [0.25, 0.3) is 0 Å². The van der Waals surface area contributed by atoms with Gasteiger partial charge in [0.05, 0.1) is 13.2 Å². The third kappa shape index (κ3) is 5.47. The highest BCUT2D eigenvalue weighted by Gasteiger charge is 2.30. The maximum absolute atomic E-state index is 11.7. The average molecular weight is 272 g/mol. The summed E-state index contributed by atoms with van der Waals surface area (Å²) in [5.41, 5.74) is 5.13. The zero-order valence-electron chi connectivity index (χ0n) is 12.5. The van der Waals surface area contributed by atoms with E-state index in [-0.39, 0.29) is 5.97 Å². The molecule has 0 aromatic rings. The number of hydrogen-bond donors (Lipinski definition) is 1. The molecule has 0 spiro atoms. The number of carbonyl (C=O) groups is 1. The van der Waals surface area contributed by atoms with Gasteiger partial charge in [0.15, 0.2) is 0 Å². The average Bonchev–Trinajstić information content (AvgIpc) is 2.77. The van der Waals surface area contributed by atoms with Crippen LogP contribution in [-0.2, 0) is 14.3 Å². The molecular formula is C14H28N2O3. The molecule has 1 rings (SSSR count). The van der Waals surface area contributed by atoms with Crippen LogP contribution in [0.1, 0.15) is 33.1 Å². The smallest absolute Gasteiger partial charge is 0.325 e. The fourth-order valence-electron chi connectivity index (χ4n) is 2.56. The molecule has 0 radical (unpaired) electrons. The second-order valence-corrected chi connectivity index (χ2v) is 5.65. The van der Waals surface area contributed by atoms with Crippen LogP contribution in [0.2, 0.25) is 0 Å². The van der Waals surface area contributed by atoms with Gasteiger partial charge in [-0.25, -0.2) is 0 Å². The van der Waals surface area contributed by atoms with Gasteiger partial charge in [0, 0.05) is 13.7 Å². The monoisotopic (exact) mass is 272 g/mol. The Hall–Kier alpha value is -0.650. The highest BCUT2D eigenvalue weighted by atomic mass is 16.5. The van der Waals surface area contributed by atoms with E-state index in [4.69, 9.17) is 15.2 Å². The normalized spacial score (nSPS) is 23.3. The molecule has 1 heterocycles. The Morgan fingerprint density at radius 1 is 1.53 bits per heavy atom. The molecular weight excluding hydrogens is 244 g/mol. The van der Waals surface area contributed by atoms with Crippen molar-refractivity contribution in [1.29, 1.82) is 0 Å². The number of nitrogens with zero attached hydrogens (tertiary/aromatic N) is 1. The van der Waals surface area contributed by atoms with Gasteiger partial charge in [-0.2, -0.15) is 0 Å². The van der Waals surface area contributed by atoms with Crippen molar-refractivity contribution in [3.8, 4) is 0 Å². The topological polar surface area (TPSA) is 64.8 Å². The van der Waals surface area contributed by atoms with Crippen molar-refractivity contribution in [2.75, 3.05) is 40.0 Å². The minimum Gasteiger partial charge on any atom is -0.465 e. The third-order valence-corrected chi connectivity index (χ3v) is 3.68. The number of hydrogen-bond acceptors (Lipinski definition) is 5. The van der Waals surface area contributed by atoms with Gasteiger partial charge in [0.2, 0.25) is 0 Å². The summed E-state index contributed by atoms with van der Waals surface area (Å²) in [6, 6.07) is 0. The first-order valence-electron chi connectivity index (χ1n) is 7.17. The number of nitrogens with two attached hydrogens (primary N) is 1. The maximum Gasteiger partial charge on any atom is 0.325 e. The number of rotatable bonds is 8. The molecule has 1 fully saturated rings. The van der Waals surface area contributed by atoms with E-state index in [1.54, 1.807) is 21.0 Å². The molecule has 0 amide bonds. The van der Waals surface area contributed by atoms with Crippen LogP contribution in [0.3, 0.4) is 0 Å². The first-order chi connectivity index (χ1) is 8.99. The zero-order valence-corrected chi connectivity index (χ0v) is 12.5. The first kappa shape index (κ1) is 16.4. The first-order valence-corrected chi connectivity index (χ1v) is 7.17. The fourth-order valence-corrected chi connectivity index (χ4v) is 2.56. The lowest BCUT2D eigenvalue weighted by atomic mass is 9.97. The second kappa shape index (κ2) is 7.82. The summed E-state index contributed by atoms with van der Waals surface area (Å²) in [5, 5.41) is 0. The van der Waals surface area contributed by atoms with Gasteiger partial charge in [-0.15, -0.1) is 0 Å². The summed E-state index contributed by atoms with van der Waals surface area (Å²) in [6.07, 6.45) is 2.79. The minimum atomic E-state index is -0.859. The largest absolute Gasteiger partial charge is 0.465 e. The van der Waals surface area contributed by atoms with Crippen LogP contribution in [0.25, 0.3) is 0 Å². The summed E-state index contributed by atoms with van der Waals surface area (Å²) in [7, 11) is 1.75. The van der Waals surface area contributed by atoms with Crippen LogP contribution >= 0.6 is 0 Å². The minimum absolute atomic E-state index is 0.298. The van der Waals surface area contributed by atoms with Gasteiger partial charge >= 0.3 is 5.97 Å². The van der Waals surface area contributed by atoms with Gasteiger partial charge < -0.3 is 20.1 Å². The number of esters is 1. The quantitative estimate of drug-likeness (QED) is 0.668. The van der Waals surface area contributed by atoms with Crippen LogP contribution in [0.5, 0.6) is 0 Å². The highest BCUT2D eigenvalue weighted by Crippen LogP contribution is 2.18. The van der Waals surface area contributed by atoms with Crippen molar-refractivity contribution in [1.82, 2.24) is 4.90 Å². The molecule has 1 aliphatic rings. The van der Waals surface area contributed by atoms with E-state index in [1.165, 1.54) is 6.42 Å². The molecule has 1 saturated heterocycles. The van der Waals surface area contributed by atoms with Crippen molar-refractivity contribution in [2.24, 2.45) is 11.7 Å². The Kier molecular flexibility index (Phi) is 6.75. The highest BCUT2D eigenvalue weighted by molar-refractivity contribution is 5.79. The van der Waals surface area contributed by atoms with Crippen LogP contribution in [0.15, 0.2) is 0 Å². The molecule has 19 heavy (non-hydrogen) atoms. The van der Waals surface area contributed by atoms with Crippen molar-refractivity contribution >= 4 is 5.97 Å². The predicted octanol–water partition coefficient (Wildman–Crippen LogP) is 1.02. The number of likely N-dealkylation sites (tertiary alicyclic amines) is 1. The van der Waals surface area contributed by atoms with Crippen LogP contribution in [0, 0.1) is 5.92 Å². The van der Waals surface area contributed by atoms with Crippen LogP contribution in [-0.4, -0.2) is 56.4 Å². The zero-order chi connectivity index (χ0) is 14.3. The van der Waals surface area contributed by atoms with Gasteiger partial charge in [-0.3, -0.25) is 4.79 Å². The van der Waals surface area contributed by atoms with E-state index in [2.05, 4.69) is 4.90 Å². The molecule has 5 nitrogen and oxygen atoms in total. The second-order valence-electron chi connectivity index (χ2n) is 5.65. The fraction of sp³-hybridized carbons (Fsp3) is 0.929. The van der Waals surface area contributed by atoms with Crippen LogP contribution < -0.4 is 5.73 Å². The summed E-state index contributed by atoms with van der Waals surface area (Å²) < 4.78 is 10.2. The lowest BCUT2D eigenvalue weighted by Crippen LogP contribution is -2.46. The van der Waals surface area contributed by atoms with E-state index in [0.717, 1.165) is 32.7 Å². The van der Waals surface area contributed by atoms with Gasteiger partial charge in [-0.05, 0) is 52.1 Å². The third-order valence-electron chi connectivity index (χ3n) is 3.68.